The molecule has 1 heterocycles. The summed E-state index contributed by atoms with van der Waals surface area (Å²) in [6.45, 7) is 2.21. The number of imide groups is 1. The third-order valence-corrected chi connectivity index (χ3v) is 5.08. The van der Waals surface area contributed by atoms with Gasteiger partial charge < -0.3 is 15.4 Å². The van der Waals surface area contributed by atoms with Crippen LogP contribution in [0.25, 0.3) is 0 Å². The number of fused-ring (bicyclic) bond motifs is 1. The number of carbonyl (C=O) groups excluding carboxylic acids is 5. The van der Waals surface area contributed by atoms with Gasteiger partial charge in [-0.25, -0.2) is 4.79 Å². The molecule has 0 unspecified atom stereocenters. The average Bonchev–Trinajstić information content (AvgIpc) is 2.96. The van der Waals surface area contributed by atoms with Gasteiger partial charge in [0.05, 0.1) is 11.8 Å². The molecule has 0 bridgehead atoms. The molecule has 1 aliphatic heterocycles. The smallest absolute Gasteiger partial charge is 0.329 e. The van der Waals surface area contributed by atoms with Gasteiger partial charge in [0, 0.05) is 18.3 Å². The van der Waals surface area contributed by atoms with Gasteiger partial charge in [-0.15, -0.1) is 0 Å². The summed E-state index contributed by atoms with van der Waals surface area (Å²) in [5, 5.41) is 5.15. The Morgan fingerprint density at radius 2 is 1.63 bits per heavy atom. The lowest BCUT2D eigenvalue weighted by Gasteiger charge is -2.21. The summed E-state index contributed by atoms with van der Waals surface area (Å²) < 4.78 is 5.01. The zero-order chi connectivity index (χ0) is 21.8. The Hall–Kier alpha value is -3.49. The number of hydrogen-bond acceptors (Lipinski definition) is 6. The molecule has 0 aromatic heterocycles. The van der Waals surface area contributed by atoms with Gasteiger partial charge in [0.25, 0.3) is 5.91 Å². The van der Waals surface area contributed by atoms with Crippen molar-refractivity contribution in [2.45, 2.75) is 32.7 Å². The molecule has 158 valence electrons. The number of nitrogens with zero attached hydrogens (tertiary/aromatic N) is 1. The Morgan fingerprint density at radius 3 is 2.20 bits per heavy atom. The van der Waals surface area contributed by atoms with Crippen LogP contribution in [0.5, 0.6) is 0 Å². The fourth-order valence-corrected chi connectivity index (χ4v) is 3.65. The topological polar surface area (TPSA) is 122 Å². The molecule has 1 saturated heterocycles. The summed E-state index contributed by atoms with van der Waals surface area (Å²) in [5.41, 5.74) is 0.921. The number of ether oxygens (including phenoxy) is 1. The van der Waals surface area contributed by atoms with Crippen LogP contribution in [-0.2, 0) is 28.7 Å². The van der Waals surface area contributed by atoms with E-state index < -0.39 is 36.4 Å². The first kappa shape index (κ1) is 21.2. The van der Waals surface area contributed by atoms with Gasteiger partial charge in [0.1, 0.15) is 6.04 Å². The van der Waals surface area contributed by atoms with Gasteiger partial charge in [0.15, 0.2) is 6.61 Å². The van der Waals surface area contributed by atoms with Crippen molar-refractivity contribution < 1.29 is 28.7 Å². The van der Waals surface area contributed by atoms with Crippen LogP contribution in [0.2, 0.25) is 0 Å². The lowest BCUT2D eigenvalue weighted by atomic mass is 9.85. The van der Waals surface area contributed by atoms with Crippen LogP contribution in [0.15, 0.2) is 36.4 Å². The zero-order valence-electron chi connectivity index (χ0n) is 16.7. The van der Waals surface area contributed by atoms with Crippen LogP contribution in [0, 0.1) is 11.8 Å². The molecule has 4 amide bonds. The van der Waals surface area contributed by atoms with Crippen LogP contribution < -0.4 is 10.6 Å². The van der Waals surface area contributed by atoms with Gasteiger partial charge >= 0.3 is 5.97 Å². The Morgan fingerprint density at radius 1 is 1.07 bits per heavy atom. The number of anilines is 2. The Bertz CT molecular complexity index is 899. The highest BCUT2D eigenvalue weighted by atomic mass is 16.5. The lowest BCUT2D eigenvalue weighted by molar-refractivity contribution is -0.159. The van der Waals surface area contributed by atoms with E-state index in [9.17, 15) is 24.0 Å². The monoisotopic (exact) mass is 413 g/mol. The van der Waals surface area contributed by atoms with Crippen LogP contribution in [-0.4, -0.2) is 47.1 Å². The number of nitrogens with one attached hydrogen (secondary N) is 2. The van der Waals surface area contributed by atoms with Crippen molar-refractivity contribution in [1.29, 1.82) is 0 Å². The number of benzene rings is 1. The normalized spacial score (nSPS) is 21.1. The number of hydrogen-bond donors (Lipinski definition) is 2. The van der Waals surface area contributed by atoms with E-state index >= 15 is 0 Å². The number of rotatable bonds is 6. The predicted molar refractivity (Wildman–Crippen MR) is 107 cm³/mol. The van der Waals surface area contributed by atoms with Crippen LogP contribution in [0.4, 0.5) is 11.4 Å². The molecule has 9 heteroatoms. The second kappa shape index (κ2) is 8.89. The second-order valence-electron chi connectivity index (χ2n) is 7.30. The highest BCUT2D eigenvalue weighted by Crippen LogP contribution is 2.36. The first-order chi connectivity index (χ1) is 14.3. The maximum absolute atomic E-state index is 12.5. The van der Waals surface area contributed by atoms with Crippen molar-refractivity contribution in [3.05, 3.63) is 36.4 Å². The number of amides is 4. The average molecular weight is 413 g/mol. The molecule has 0 spiro atoms. The second-order valence-corrected chi connectivity index (χ2v) is 7.30. The molecule has 3 rings (SSSR count). The van der Waals surface area contributed by atoms with E-state index in [1.165, 1.54) is 13.8 Å². The van der Waals surface area contributed by atoms with E-state index in [1.807, 2.05) is 12.2 Å². The molecule has 2 aliphatic rings. The minimum Gasteiger partial charge on any atom is -0.454 e. The highest BCUT2D eigenvalue weighted by Gasteiger charge is 2.50. The molecule has 1 fully saturated rings. The van der Waals surface area contributed by atoms with Gasteiger partial charge in [-0.1, -0.05) is 18.2 Å². The molecule has 9 nitrogen and oxygen atoms in total. The summed E-state index contributed by atoms with van der Waals surface area (Å²) >= 11 is 0. The third-order valence-electron chi connectivity index (χ3n) is 5.08. The lowest BCUT2D eigenvalue weighted by Crippen LogP contribution is -2.45. The van der Waals surface area contributed by atoms with Gasteiger partial charge in [-0.05, 0) is 38.0 Å². The quantitative estimate of drug-likeness (QED) is 0.414. The maximum atomic E-state index is 12.5. The van der Waals surface area contributed by atoms with E-state index in [2.05, 4.69) is 10.6 Å². The van der Waals surface area contributed by atoms with Crippen molar-refractivity contribution in [1.82, 2.24) is 4.90 Å². The van der Waals surface area contributed by atoms with Crippen molar-refractivity contribution in [3.8, 4) is 0 Å². The molecule has 1 aromatic rings. The number of likely N-dealkylation sites (tertiary alicyclic amines) is 1. The van der Waals surface area contributed by atoms with Gasteiger partial charge in [0.2, 0.25) is 17.7 Å². The minimum atomic E-state index is -1.11. The minimum absolute atomic E-state index is 0.247. The number of carbonyl (C=O) groups is 5. The van der Waals surface area contributed by atoms with Crippen LogP contribution in [0.3, 0.4) is 0 Å². The van der Waals surface area contributed by atoms with Crippen LogP contribution >= 0.6 is 0 Å². The Kier molecular flexibility index (Phi) is 6.29. The Labute approximate surface area is 173 Å². The summed E-state index contributed by atoms with van der Waals surface area (Å²) in [7, 11) is 0. The summed E-state index contributed by atoms with van der Waals surface area (Å²) in [6.07, 6.45) is 4.69. The van der Waals surface area contributed by atoms with E-state index in [4.69, 9.17) is 4.74 Å². The molecule has 1 aromatic carbocycles. The maximum Gasteiger partial charge on any atom is 0.329 e. The van der Waals surface area contributed by atoms with E-state index in [-0.39, 0.29) is 17.7 Å². The highest BCUT2D eigenvalue weighted by molar-refractivity contribution is 6.08. The molecule has 0 radical (unpaired) electrons. The summed E-state index contributed by atoms with van der Waals surface area (Å²) in [6, 6.07) is 5.38. The molecule has 2 N–H and O–H groups in total. The molecule has 1 aliphatic carbocycles. The fraction of sp³-hybridized carbons (Fsp3) is 0.381. The fourth-order valence-electron chi connectivity index (χ4n) is 3.65. The first-order valence-corrected chi connectivity index (χ1v) is 9.64. The SMILES string of the molecule is CC(=O)Nc1cccc(NC(=O)COC(=O)[C@H](C)N2C(=O)[C@H]3CC=CC[C@@H]3C2=O)c1. The van der Waals surface area contributed by atoms with E-state index in [0.29, 0.717) is 24.2 Å². The van der Waals surface area contributed by atoms with Gasteiger partial charge in [-0.3, -0.25) is 24.1 Å². The van der Waals surface area contributed by atoms with Crippen LogP contribution in [0.1, 0.15) is 26.7 Å². The first-order valence-electron chi connectivity index (χ1n) is 9.64. The summed E-state index contributed by atoms with van der Waals surface area (Å²) in [4.78, 5) is 61.6. The van der Waals surface area contributed by atoms with Crippen molar-refractivity contribution in [2.24, 2.45) is 11.8 Å². The number of esters is 1. The van der Waals surface area contributed by atoms with Crippen molar-refractivity contribution >= 4 is 41.0 Å². The molecular formula is C21H23N3O6. The van der Waals surface area contributed by atoms with E-state index in [1.54, 1.807) is 24.3 Å². The van der Waals surface area contributed by atoms with Crippen molar-refractivity contribution in [2.75, 3.05) is 17.2 Å². The summed E-state index contributed by atoms with van der Waals surface area (Å²) in [5.74, 6) is -3.29. The Balaban J connectivity index is 1.54. The zero-order valence-corrected chi connectivity index (χ0v) is 16.7. The molecule has 30 heavy (non-hydrogen) atoms. The third kappa shape index (κ3) is 4.56. The largest absolute Gasteiger partial charge is 0.454 e. The number of allylic oxidation sites excluding steroid dienone is 2. The molecule has 0 saturated carbocycles. The van der Waals surface area contributed by atoms with Crippen molar-refractivity contribution in [3.63, 3.8) is 0 Å². The molecule has 3 atom stereocenters. The van der Waals surface area contributed by atoms with E-state index in [0.717, 1.165) is 4.90 Å². The van der Waals surface area contributed by atoms with Gasteiger partial charge in [-0.2, -0.15) is 0 Å². The standard InChI is InChI=1S/C21H23N3O6/c1-12(24-19(27)16-8-3-4-9-17(16)20(24)28)21(29)30-11-18(26)23-15-7-5-6-14(10-15)22-13(2)25/h3-7,10,12,16-17H,8-9,11H2,1-2H3,(H,22,25)(H,23,26)/t12-,16-,17-/m0/s1. The predicted octanol–water partition coefficient (Wildman–Crippen LogP) is 1.47. The molecular weight excluding hydrogens is 390 g/mol.